The lowest BCUT2D eigenvalue weighted by molar-refractivity contribution is 0.658. The van der Waals surface area contributed by atoms with E-state index in [1.807, 2.05) is 24.3 Å². The Labute approximate surface area is 132 Å². The highest BCUT2D eigenvalue weighted by atomic mass is 32.1. The molecule has 0 aliphatic rings. The quantitative estimate of drug-likeness (QED) is 0.428. The monoisotopic (exact) mass is 307 g/mol. The molecule has 1 nitrogen and oxygen atoms in total. The molecular weight excluding hydrogens is 293 g/mol. The molecule has 0 spiro atoms. The summed E-state index contributed by atoms with van der Waals surface area (Å²) in [5, 5.41) is 1.74. The van der Waals surface area contributed by atoms with Gasteiger partial charge in [-0.15, -0.1) is 11.3 Å². The third-order valence-electron chi connectivity index (χ3n) is 3.83. The Morgan fingerprint density at radius 1 is 0.909 bits per heavy atom. The average Bonchev–Trinajstić information content (AvgIpc) is 2.87. The smallest absolute Gasteiger partial charge is 0.177 e. The van der Waals surface area contributed by atoms with Gasteiger partial charge in [0.15, 0.2) is 5.13 Å². The molecule has 2 heterocycles. The normalized spacial score (nSPS) is 11.4. The Hall–Kier alpha value is -2.26. The summed E-state index contributed by atoms with van der Waals surface area (Å²) in [6.07, 6.45) is 0. The minimum absolute atomic E-state index is 0.168. The maximum absolute atomic E-state index is 13.9. The third-order valence-corrected chi connectivity index (χ3v) is 4.79. The molecule has 4 aromatic rings. The molecule has 2 aromatic heterocycles. The van der Waals surface area contributed by atoms with E-state index in [9.17, 15) is 4.39 Å². The average molecular weight is 307 g/mol. The van der Waals surface area contributed by atoms with Gasteiger partial charge in [0.25, 0.3) is 0 Å². The van der Waals surface area contributed by atoms with Gasteiger partial charge in [0.2, 0.25) is 0 Å². The molecule has 0 atom stereocenters. The zero-order chi connectivity index (χ0) is 15.3. The van der Waals surface area contributed by atoms with Crippen LogP contribution in [0.25, 0.3) is 32.2 Å². The van der Waals surface area contributed by atoms with Gasteiger partial charge in [-0.2, -0.15) is 4.39 Å². The highest BCUT2D eigenvalue weighted by Gasteiger charge is 2.14. The van der Waals surface area contributed by atoms with E-state index < -0.39 is 0 Å². The number of hydrogen-bond donors (Lipinski definition) is 0. The van der Waals surface area contributed by atoms with Crippen molar-refractivity contribution in [3.63, 3.8) is 0 Å². The molecule has 108 valence electrons. The van der Waals surface area contributed by atoms with Gasteiger partial charge in [0, 0.05) is 21.0 Å². The molecule has 0 saturated carbocycles. The number of halogens is 1. The minimum Gasteiger partial charge on any atom is -0.247 e. The highest BCUT2D eigenvalue weighted by Crippen LogP contribution is 2.37. The molecule has 2 aromatic carbocycles. The Kier molecular flexibility index (Phi) is 2.98. The second-order valence-electron chi connectivity index (χ2n) is 5.65. The van der Waals surface area contributed by atoms with E-state index in [4.69, 9.17) is 4.98 Å². The predicted octanol–water partition coefficient (Wildman–Crippen LogP) is 5.87. The SMILES string of the molecule is Cc1cc(C)cc(-c2nc3ccccc3c3sc(F)cc23)c1. The van der Waals surface area contributed by atoms with Gasteiger partial charge in [0.05, 0.1) is 11.2 Å². The molecule has 22 heavy (non-hydrogen) atoms. The van der Waals surface area contributed by atoms with Crippen LogP contribution in [0.5, 0.6) is 0 Å². The number of aryl methyl sites for hydroxylation is 2. The van der Waals surface area contributed by atoms with E-state index in [2.05, 4.69) is 32.0 Å². The van der Waals surface area contributed by atoms with E-state index in [1.165, 1.54) is 22.5 Å². The molecule has 3 heteroatoms. The molecule has 0 fully saturated rings. The summed E-state index contributed by atoms with van der Waals surface area (Å²) in [4.78, 5) is 4.81. The van der Waals surface area contributed by atoms with Gasteiger partial charge in [-0.25, -0.2) is 4.98 Å². The van der Waals surface area contributed by atoms with Crippen LogP contribution in [-0.4, -0.2) is 4.98 Å². The second kappa shape index (κ2) is 4.89. The van der Waals surface area contributed by atoms with Crippen molar-refractivity contribution in [1.29, 1.82) is 0 Å². The van der Waals surface area contributed by atoms with Gasteiger partial charge < -0.3 is 0 Å². The summed E-state index contributed by atoms with van der Waals surface area (Å²) in [6.45, 7) is 4.14. The van der Waals surface area contributed by atoms with Crippen molar-refractivity contribution in [3.05, 3.63) is 64.8 Å². The summed E-state index contributed by atoms with van der Waals surface area (Å²) in [7, 11) is 0. The topological polar surface area (TPSA) is 12.9 Å². The standard InChI is InChI=1S/C19H14FNS/c1-11-7-12(2)9-13(8-11)18-15-10-17(20)22-19(15)14-5-3-4-6-16(14)21-18/h3-10H,1-2H3. The summed E-state index contributed by atoms with van der Waals surface area (Å²) >= 11 is 1.19. The Balaban J connectivity index is 2.15. The van der Waals surface area contributed by atoms with E-state index in [0.717, 1.165) is 32.2 Å². The molecule has 0 aliphatic carbocycles. The molecule has 0 bridgehead atoms. The van der Waals surface area contributed by atoms with Crippen molar-refractivity contribution in [3.8, 4) is 11.3 Å². The first-order chi connectivity index (χ1) is 10.6. The van der Waals surface area contributed by atoms with Gasteiger partial charge in [-0.05, 0) is 38.1 Å². The van der Waals surface area contributed by atoms with Crippen LogP contribution in [0, 0.1) is 19.0 Å². The van der Waals surface area contributed by atoms with Crippen molar-refractivity contribution < 1.29 is 4.39 Å². The number of rotatable bonds is 1. The summed E-state index contributed by atoms with van der Waals surface area (Å²) in [5.41, 5.74) is 5.19. The fourth-order valence-corrected chi connectivity index (χ4v) is 3.93. The zero-order valence-electron chi connectivity index (χ0n) is 12.4. The first-order valence-corrected chi connectivity index (χ1v) is 8.00. The molecule has 0 radical (unpaired) electrons. The fourth-order valence-electron chi connectivity index (χ4n) is 3.01. The highest BCUT2D eigenvalue weighted by molar-refractivity contribution is 7.18. The number of hydrogen-bond acceptors (Lipinski definition) is 2. The lowest BCUT2D eigenvalue weighted by Crippen LogP contribution is -1.89. The molecule has 0 aliphatic heterocycles. The van der Waals surface area contributed by atoms with Crippen molar-refractivity contribution in [1.82, 2.24) is 4.98 Å². The number of benzene rings is 2. The number of fused-ring (bicyclic) bond motifs is 3. The van der Waals surface area contributed by atoms with Crippen LogP contribution in [0.4, 0.5) is 4.39 Å². The molecule has 0 N–H and O–H groups in total. The summed E-state index contributed by atoms with van der Waals surface area (Å²) in [6, 6.07) is 15.9. The Bertz CT molecular complexity index is 996. The second-order valence-corrected chi connectivity index (χ2v) is 6.65. The van der Waals surface area contributed by atoms with Gasteiger partial charge in [0.1, 0.15) is 0 Å². The molecule has 4 rings (SSSR count). The van der Waals surface area contributed by atoms with Crippen molar-refractivity contribution in [2.24, 2.45) is 0 Å². The minimum atomic E-state index is -0.168. The van der Waals surface area contributed by atoms with Crippen molar-refractivity contribution >= 4 is 32.3 Å². The lowest BCUT2D eigenvalue weighted by atomic mass is 10.0. The number of para-hydroxylation sites is 1. The summed E-state index contributed by atoms with van der Waals surface area (Å²) < 4.78 is 14.9. The predicted molar refractivity (Wildman–Crippen MR) is 92.0 cm³/mol. The fraction of sp³-hybridized carbons (Fsp3) is 0.105. The largest absolute Gasteiger partial charge is 0.247 e. The lowest BCUT2D eigenvalue weighted by Gasteiger charge is -2.08. The van der Waals surface area contributed by atoms with Gasteiger partial charge in [-0.3, -0.25) is 0 Å². The van der Waals surface area contributed by atoms with E-state index in [1.54, 1.807) is 6.07 Å². The number of thiophene rings is 1. The number of nitrogens with zero attached hydrogens (tertiary/aromatic N) is 1. The van der Waals surface area contributed by atoms with Crippen LogP contribution < -0.4 is 0 Å². The Morgan fingerprint density at radius 2 is 1.64 bits per heavy atom. The Morgan fingerprint density at radius 3 is 2.41 bits per heavy atom. The van der Waals surface area contributed by atoms with E-state index in [0.29, 0.717) is 0 Å². The van der Waals surface area contributed by atoms with Crippen LogP contribution >= 0.6 is 11.3 Å². The van der Waals surface area contributed by atoms with Crippen LogP contribution in [0.3, 0.4) is 0 Å². The van der Waals surface area contributed by atoms with E-state index >= 15 is 0 Å². The maximum Gasteiger partial charge on any atom is 0.177 e. The first-order valence-electron chi connectivity index (χ1n) is 7.18. The van der Waals surface area contributed by atoms with Crippen LogP contribution in [-0.2, 0) is 0 Å². The van der Waals surface area contributed by atoms with Crippen molar-refractivity contribution in [2.45, 2.75) is 13.8 Å². The number of aromatic nitrogens is 1. The number of pyridine rings is 1. The first kappa shape index (κ1) is 13.4. The summed E-state index contributed by atoms with van der Waals surface area (Å²) in [5.74, 6) is 0. The maximum atomic E-state index is 13.9. The van der Waals surface area contributed by atoms with Gasteiger partial charge >= 0.3 is 0 Å². The third kappa shape index (κ3) is 2.09. The molecule has 0 saturated heterocycles. The molecule has 0 unspecified atom stereocenters. The van der Waals surface area contributed by atoms with E-state index in [-0.39, 0.29) is 5.13 Å². The zero-order valence-corrected chi connectivity index (χ0v) is 13.2. The van der Waals surface area contributed by atoms with Crippen molar-refractivity contribution in [2.75, 3.05) is 0 Å². The van der Waals surface area contributed by atoms with Crippen LogP contribution in [0.1, 0.15) is 11.1 Å². The molecule has 0 amide bonds. The van der Waals surface area contributed by atoms with Crippen LogP contribution in [0.15, 0.2) is 48.5 Å². The van der Waals surface area contributed by atoms with Crippen LogP contribution in [0.2, 0.25) is 0 Å². The molecular formula is C19H14FNS. The van der Waals surface area contributed by atoms with Gasteiger partial charge in [-0.1, -0.05) is 35.4 Å².